The Balaban J connectivity index is 1.87. The molecule has 7 heteroatoms. The van der Waals surface area contributed by atoms with Crippen molar-refractivity contribution < 1.29 is 4.79 Å². The van der Waals surface area contributed by atoms with Gasteiger partial charge in [0.1, 0.15) is 5.01 Å². The first-order valence-electron chi connectivity index (χ1n) is 6.52. The molecule has 0 unspecified atom stereocenters. The van der Waals surface area contributed by atoms with E-state index in [0.717, 1.165) is 15.9 Å². The minimum absolute atomic E-state index is 0.0793. The van der Waals surface area contributed by atoms with Gasteiger partial charge in [0.05, 0.1) is 17.3 Å². The summed E-state index contributed by atoms with van der Waals surface area (Å²) in [6.45, 7) is 6.18. The van der Waals surface area contributed by atoms with Crippen LogP contribution in [0.15, 0.2) is 24.4 Å². The lowest BCUT2D eigenvalue weighted by atomic mass is 9.98. The fraction of sp³-hybridized carbons (Fsp3) is 0.286. The number of carbonyl (C=O) groups is 1. The lowest BCUT2D eigenvalue weighted by molar-refractivity contribution is 0.102. The Morgan fingerprint density at radius 2 is 2.10 bits per heavy atom. The average molecular weight is 301 g/mol. The van der Waals surface area contributed by atoms with Crippen LogP contribution < -0.4 is 5.32 Å². The van der Waals surface area contributed by atoms with E-state index >= 15 is 0 Å². The minimum atomic E-state index is -0.221. The van der Waals surface area contributed by atoms with E-state index in [2.05, 4.69) is 46.5 Å². The van der Waals surface area contributed by atoms with Crippen LogP contribution in [-0.2, 0) is 5.41 Å². The van der Waals surface area contributed by atoms with Crippen LogP contribution in [0.25, 0.3) is 10.9 Å². The molecule has 0 atom stereocenters. The van der Waals surface area contributed by atoms with E-state index in [-0.39, 0.29) is 11.3 Å². The Bertz CT molecular complexity index is 799. The monoisotopic (exact) mass is 301 g/mol. The molecule has 0 saturated carbocycles. The summed E-state index contributed by atoms with van der Waals surface area (Å²) in [4.78, 5) is 12.4. The van der Waals surface area contributed by atoms with Crippen molar-refractivity contribution in [3.8, 4) is 0 Å². The molecule has 0 fully saturated rings. The molecule has 0 saturated heterocycles. The SMILES string of the molecule is CC(C)(C)c1nnc(NC(=O)c2cccc3cn[nH]c23)s1. The van der Waals surface area contributed by atoms with Crippen molar-refractivity contribution in [3.05, 3.63) is 35.0 Å². The zero-order chi connectivity index (χ0) is 15.0. The van der Waals surface area contributed by atoms with Gasteiger partial charge in [-0.15, -0.1) is 10.2 Å². The van der Waals surface area contributed by atoms with Gasteiger partial charge in [-0.25, -0.2) is 0 Å². The lowest BCUT2D eigenvalue weighted by Crippen LogP contribution is -2.12. The molecule has 0 spiro atoms. The van der Waals surface area contributed by atoms with Crippen LogP contribution in [0, 0.1) is 0 Å². The molecule has 0 aliphatic carbocycles. The second-order valence-corrected chi connectivity index (χ2v) is 6.73. The summed E-state index contributed by atoms with van der Waals surface area (Å²) in [5.41, 5.74) is 1.18. The van der Waals surface area contributed by atoms with Gasteiger partial charge in [-0.1, -0.05) is 44.2 Å². The van der Waals surface area contributed by atoms with Crippen LogP contribution in [0.1, 0.15) is 36.1 Å². The highest BCUT2D eigenvalue weighted by atomic mass is 32.1. The van der Waals surface area contributed by atoms with E-state index in [1.807, 2.05) is 12.1 Å². The van der Waals surface area contributed by atoms with Gasteiger partial charge in [0.25, 0.3) is 5.91 Å². The first-order valence-corrected chi connectivity index (χ1v) is 7.34. The number of anilines is 1. The molecule has 2 aromatic heterocycles. The number of hydrogen-bond acceptors (Lipinski definition) is 5. The number of fused-ring (bicyclic) bond motifs is 1. The Hall–Kier alpha value is -2.28. The summed E-state index contributed by atoms with van der Waals surface area (Å²) < 4.78 is 0. The second kappa shape index (κ2) is 4.92. The first-order chi connectivity index (χ1) is 9.95. The normalized spacial score (nSPS) is 11.8. The highest BCUT2D eigenvalue weighted by Crippen LogP contribution is 2.28. The first kappa shape index (κ1) is 13.7. The number of hydrogen-bond donors (Lipinski definition) is 2. The molecule has 0 radical (unpaired) electrons. The predicted molar refractivity (Wildman–Crippen MR) is 82.7 cm³/mol. The Labute approximate surface area is 125 Å². The van der Waals surface area contributed by atoms with Gasteiger partial charge in [-0.3, -0.25) is 15.2 Å². The maximum Gasteiger partial charge on any atom is 0.259 e. The van der Waals surface area contributed by atoms with Gasteiger partial charge in [0, 0.05) is 10.8 Å². The number of carbonyl (C=O) groups excluding carboxylic acids is 1. The zero-order valence-corrected chi connectivity index (χ0v) is 12.8. The molecule has 0 bridgehead atoms. The number of aromatic nitrogens is 4. The smallest absolute Gasteiger partial charge is 0.259 e. The van der Waals surface area contributed by atoms with E-state index in [9.17, 15) is 4.79 Å². The van der Waals surface area contributed by atoms with E-state index in [1.165, 1.54) is 11.3 Å². The van der Waals surface area contributed by atoms with Gasteiger partial charge in [0.2, 0.25) is 5.13 Å². The molecular formula is C14H15N5OS. The van der Waals surface area contributed by atoms with Crippen molar-refractivity contribution in [1.29, 1.82) is 0 Å². The molecule has 3 aromatic rings. The standard InChI is InChI=1S/C14H15N5OS/c1-14(2,3)12-18-19-13(21-12)16-11(20)9-6-4-5-8-7-15-17-10(8)9/h4-7H,1-3H3,(H,15,17)(H,16,19,20). The zero-order valence-electron chi connectivity index (χ0n) is 12.0. The second-order valence-electron chi connectivity index (χ2n) is 5.76. The van der Waals surface area contributed by atoms with Crippen molar-refractivity contribution in [1.82, 2.24) is 20.4 Å². The van der Waals surface area contributed by atoms with Crippen molar-refractivity contribution in [2.75, 3.05) is 5.32 Å². The van der Waals surface area contributed by atoms with Gasteiger partial charge < -0.3 is 0 Å². The van der Waals surface area contributed by atoms with Crippen LogP contribution in [0.3, 0.4) is 0 Å². The topological polar surface area (TPSA) is 83.6 Å². The molecular weight excluding hydrogens is 286 g/mol. The number of para-hydroxylation sites is 1. The number of benzene rings is 1. The van der Waals surface area contributed by atoms with Gasteiger partial charge in [-0.05, 0) is 6.07 Å². The fourth-order valence-corrected chi connectivity index (χ4v) is 2.70. The number of rotatable bonds is 2. The third-order valence-corrected chi connectivity index (χ3v) is 4.27. The maximum atomic E-state index is 12.4. The molecule has 0 aliphatic rings. The molecule has 3 rings (SSSR count). The number of nitrogens with zero attached hydrogens (tertiary/aromatic N) is 3. The molecule has 2 heterocycles. The number of H-pyrrole nitrogens is 1. The quantitative estimate of drug-likeness (QED) is 0.762. The van der Waals surface area contributed by atoms with Crippen molar-refractivity contribution in [2.45, 2.75) is 26.2 Å². The van der Waals surface area contributed by atoms with E-state index in [0.29, 0.717) is 10.7 Å². The number of aromatic amines is 1. The molecule has 2 N–H and O–H groups in total. The summed E-state index contributed by atoms with van der Waals surface area (Å²) in [7, 11) is 0. The van der Waals surface area contributed by atoms with Gasteiger partial charge in [-0.2, -0.15) is 5.10 Å². The third kappa shape index (κ3) is 2.64. The molecule has 0 aliphatic heterocycles. The van der Waals surface area contributed by atoms with Crippen LogP contribution in [0.4, 0.5) is 5.13 Å². The van der Waals surface area contributed by atoms with Gasteiger partial charge >= 0.3 is 0 Å². The van der Waals surface area contributed by atoms with E-state index in [4.69, 9.17) is 0 Å². The average Bonchev–Trinajstić information content (AvgIpc) is 3.05. The molecule has 6 nitrogen and oxygen atoms in total. The predicted octanol–water partition coefficient (Wildman–Crippen LogP) is 2.96. The molecule has 21 heavy (non-hydrogen) atoms. The van der Waals surface area contributed by atoms with Crippen LogP contribution >= 0.6 is 11.3 Å². The maximum absolute atomic E-state index is 12.4. The number of nitrogens with one attached hydrogen (secondary N) is 2. The van der Waals surface area contributed by atoms with Crippen molar-refractivity contribution in [3.63, 3.8) is 0 Å². The highest BCUT2D eigenvalue weighted by Gasteiger charge is 2.20. The lowest BCUT2D eigenvalue weighted by Gasteiger charge is -2.12. The van der Waals surface area contributed by atoms with Crippen molar-refractivity contribution >= 4 is 33.3 Å². The third-order valence-electron chi connectivity index (χ3n) is 3.01. The van der Waals surface area contributed by atoms with Crippen LogP contribution in [-0.4, -0.2) is 26.3 Å². The van der Waals surface area contributed by atoms with E-state index < -0.39 is 0 Å². The minimum Gasteiger partial charge on any atom is -0.296 e. The summed E-state index contributed by atoms with van der Waals surface area (Å²) in [5.74, 6) is -0.221. The summed E-state index contributed by atoms with van der Waals surface area (Å²) in [5, 5.41) is 20.0. The Morgan fingerprint density at radius 3 is 2.81 bits per heavy atom. The summed E-state index contributed by atoms with van der Waals surface area (Å²) in [6.07, 6.45) is 1.69. The molecule has 1 aromatic carbocycles. The molecule has 108 valence electrons. The largest absolute Gasteiger partial charge is 0.296 e. The van der Waals surface area contributed by atoms with Crippen molar-refractivity contribution in [2.24, 2.45) is 0 Å². The summed E-state index contributed by atoms with van der Waals surface area (Å²) >= 11 is 1.39. The Morgan fingerprint density at radius 1 is 1.29 bits per heavy atom. The number of amides is 1. The highest BCUT2D eigenvalue weighted by molar-refractivity contribution is 7.15. The van der Waals surface area contributed by atoms with E-state index in [1.54, 1.807) is 12.3 Å². The Kier molecular flexibility index (Phi) is 3.21. The van der Waals surface area contributed by atoms with Crippen LogP contribution in [0.2, 0.25) is 0 Å². The fourth-order valence-electron chi connectivity index (χ4n) is 1.90. The summed E-state index contributed by atoms with van der Waals surface area (Å²) in [6, 6.07) is 5.48. The molecule has 1 amide bonds. The van der Waals surface area contributed by atoms with Gasteiger partial charge in [0.15, 0.2) is 0 Å². The van der Waals surface area contributed by atoms with Crippen LogP contribution in [0.5, 0.6) is 0 Å².